The van der Waals surface area contributed by atoms with Crippen LogP contribution in [0.4, 0.5) is 4.39 Å². The summed E-state index contributed by atoms with van der Waals surface area (Å²) < 4.78 is 56.6. The number of alkyl halides is 1. The molecular weight excluding hydrogens is 490 g/mol. The van der Waals surface area contributed by atoms with Gasteiger partial charge in [0.25, 0.3) is 5.56 Å². The van der Waals surface area contributed by atoms with E-state index in [0.717, 1.165) is 33.0 Å². The molecule has 0 radical (unpaired) electrons. The molecule has 0 bridgehead atoms. The number of phosphoric acid groups is 1. The van der Waals surface area contributed by atoms with Gasteiger partial charge in [0, 0.05) is 26.1 Å². The molecule has 1 aromatic heterocycles. The van der Waals surface area contributed by atoms with E-state index in [1.807, 2.05) is 4.98 Å². The lowest BCUT2D eigenvalue weighted by Gasteiger charge is -2.31. The molecule has 15 nitrogen and oxygen atoms in total. The molecule has 4 unspecified atom stereocenters. The topological polar surface area (TPSA) is 202 Å². The first-order chi connectivity index (χ1) is 15.8. The van der Waals surface area contributed by atoms with Crippen molar-refractivity contribution in [2.24, 2.45) is 0 Å². The molecule has 17 heteroatoms. The lowest BCUT2D eigenvalue weighted by molar-refractivity contribution is -0.155. The maximum atomic E-state index is 14.2. The number of esters is 2. The number of phosphoric ester groups is 1. The molecular formula is C17H24FN2O13P. The summed E-state index contributed by atoms with van der Waals surface area (Å²) in [5.74, 6) is -1.63. The maximum Gasteiger partial charge on any atom is 0.480 e. The van der Waals surface area contributed by atoms with E-state index >= 15 is 0 Å². The van der Waals surface area contributed by atoms with Crippen molar-refractivity contribution in [3.8, 4) is 0 Å². The third-order valence-corrected chi connectivity index (χ3v) is 5.93. The van der Waals surface area contributed by atoms with Gasteiger partial charge in [0.15, 0.2) is 11.8 Å². The number of rotatable bonds is 11. The largest absolute Gasteiger partial charge is 0.480 e. The third-order valence-electron chi connectivity index (χ3n) is 4.64. The molecule has 1 aliphatic heterocycles. The average molecular weight is 514 g/mol. The van der Waals surface area contributed by atoms with E-state index in [1.165, 1.54) is 0 Å². The van der Waals surface area contributed by atoms with Gasteiger partial charge in [-0.2, -0.15) is 0 Å². The zero-order chi connectivity index (χ0) is 25.7. The van der Waals surface area contributed by atoms with E-state index in [1.54, 1.807) is 0 Å². The number of aromatic amines is 1. The normalized spacial score (nSPS) is 26.9. The zero-order valence-corrected chi connectivity index (χ0v) is 19.2. The molecule has 2 rings (SSSR count). The molecule has 1 aromatic rings. The fourth-order valence-corrected chi connectivity index (χ4v) is 3.89. The van der Waals surface area contributed by atoms with E-state index in [-0.39, 0.29) is 0 Å². The fourth-order valence-electron chi connectivity index (χ4n) is 2.93. The van der Waals surface area contributed by atoms with E-state index in [4.69, 9.17) is 18.3 Å². The van der Waals surface area contributed by atoms with Crippen molar-refractivity contribution >= 4 is 19.8 Å². The van der Waals surface area contributed by atoms with E-state index in [9.17, 15) is 38.3 Å². The van der Waals surface area contributed by atoms with Gasteiger partial charge in [-0.25, -0.2) is 22.8 Å². The van der Waals surface area contributed by atoms with Crippen LogP contribution in [0.5, 0.6) is 0 Å². The van der Waals surface area contributed by atoms with Gasteiger partial charge in [-0.3, -0.25) is 28.5 Å². The molecule has 1 fully saturated rings. The Kier molecular flexibility index (Phi) is 8.87. The molecule has 192 valence electrons. The molecule has 0 spiro atoms. The van der Waals surface area contributed by atoms with Crippen LogP contribution in [-0.4, -0.2) is 75.9 Å². The number of carbonyl (C=O) groups excluding carboxylic acids is 2. The van der Waals surface area contributed by atoms with Crippen LogP contribution in [-0.2, 0) is 41.9 Å². The minimum atomic E-state index is -4.73. The number of aromatic nitrogens is 2. The van der Waals surface area contributed by atoms with Crippen LogP contribution in [0, 0.1) is 0 Å². The molecule has 2 heterocycles. The molecule has 0 aromatic carbocycles. The minimum Gasteiger partial charge on any atom is -0.438 e. The highest BCUT2D eigenvalue weighted by atomic mass is 31.2. The molecule has 0 aliphatic carbocycles. The van der Waals surface area contributed by atoms with Crippen molar-refractivity contribution in [2.45, 2.75) is 44.3 Å². The Balaban J connectivity index is 2.27. The van der Waals surface area contributed by atoms with Gasteiger partial charge in [-0.1, -0.05) is 0 Å². The number of ether oxygens (including phenoxy) is 3. The summed E-state index contributed by atoms with van der Waals surface area (Å²) in [6, 6.07) is 0.930. The Bertz CT molecular complexity index is 1030. The summed E-state index contributed by atoms with van der Waals surface area (Å²) in [4.78, 5) is 47.2. The van der Waals surface area contributed by atoms with Crippen molar-refractivity contribution in [1.29, 1.82) is 0 Å². The van der Waals surface area contributed by atoms with Crippen LogP contribution in [0.3, 0.4) is 0 Å². The summed E-state index contributed by atoms with van der Waals surface area (Å²) in [5.41, 5.74) is -6.50. The molecule has 0 saturated carbocycles. The Hall–Kier alpha value is -2.46. The number of hydrogen-bond donors (Lipinski definition) is 3. The lowest BCUT2D eigenvalue weighted by Crippen LogP contribution is -2.53. The summed E-state index contributed by atoms with van der Waals surface area (Å²) >= 11 is 0. The molecule has 1 aliphatic rings. The van der Waals surface area contributed by atoms with Crippen molar-refractivity contribution < 1.29 is 56.5 Å². The van der Waals surface area contributed by atoms with Crippen molar-refractivity contribution in [3.05, 3.63) is 33.1 Å². The van der Waals surface area contributed by atoms with Crippen LogP contribution in [0.2, 0.25) is 0 Å². The predicted octanol–water partition coefficient (Wildman–Crippen LogP) is -0.915. The summed E-state index contributed by atoms with van der Waals surface area (Å²) in [5, 5.41) is 21.4. The SMILES string of the molecule is CC(=O)OCOP(=O)(OCOC(C)=O)OCC1(CF)OC(n2ccc(=O)[nH]c2=O)C(C)(O)C1O. The summed E-state index contributed by atoms with van der Waals surface area (Å²) in [6.07, 6.45) is -2.82. The number of H-pyrrole nitrogens is 1. The third kappa shape index (κ3) is 6.35. The van der Waals surface area contributed by atoms with Gasteiger partial charge in [-0.15, -0.1) is 0 Å². The first-order valence-corrected chi connectivity index (χ1v) is 11.0. The van der Waals surface area contributed by atoms with E-state index in [2.05, 4.69) is 9.47 Å². The summed E-state index contributed by atoms with van der Waals surface area (Å²) in [6.45, 7) is -1.37. The Morgan fingerprint density at radius 3 is 2.24 bits per heavy atom. The monoisotopic (exact) mass is 514 g/mol. The number of nitrogens with one attached hydrogen (secondary N) is 1. The second-order valence-electron chi connectivity index (χ2n) is 7.30. The fraction of sp³-hybridized carbons (Fsp3) is 0.647. The second kappa shape index (κ2) is 10.9. The average Bonchev–Trinajstić information content (AvgIpc) is 2.93. The number of halogens is 1. The number of aliphatic hydroxyl groups excluding tert-OH is 1. The van der Waals surface area contributed by atoms with Gasteiger partial charge in [0.05, 0.1) is 6.61 Å². The lowest BCUT2D eigenvalue weighted by atomic mass is 9.88. The summed E-state index contributed by atoms with van der Waals surface area (Å²) in [7, 11) is -4.73. The van der Waals surface area contributed by atoms with Crippen molar-refractivity contribution in [3.63, 3.8) is 0 Å². The highest BCUT2D eigenvalue weighted by Gasteiger charge is 2.63. The second-order valence-corrected chi connectivity index (χ2v) is 8.97. The standard InChI is InChI=1S/C17H24FN2O13P/c1-10(21)28-8-31-34(27,32-9-29-11(2)22)30-7-17(6-18)13(24)16(3,26)14(33-17)20-5-4-12(23)19-15(20)25/h4-5,13-14,24,26H,6-9H2,1-3H3,(H,19,23,25). The first-order valence-electron chi connectivity index (χ1n) is 9.52. The molecule has 3 N–H and O–H groups in total. The van der Waals surface area contributed by atoms with E-state index < -0.39 is 81.4 Å². The van der Waals surface area contributed by atoms with Gasteiger partial charge in [0.1, 0.15) is 18.4 Å². The predicted molar refractivity (Wildman–Crippen MR) is 106 cm³/mol. The van der Waals surface area contributed by atoms with Gasteiger partial charge in [-0.05, 0) is 6.92 Å². The van der Waals surface area contributed by atoms with Crippen LogP contribution in [0.25, 0.3) is 0 Å². The van der Waals surface area contributed by atoms with Gasteiger partial charge in [0.2, 0.25) is 13.6 Å². The highest BCUT2D eigenvalue weighted by molar-refractivity contribution is 7.48. The maximum absolute atomic E-state index is 14.2. The van der Waals surface area contributed by atoms with Crippen LogP contribution < -0.4 is 11.2 Å². The number of aliphatic hydroxyl groups is 2. The quantitative estimate of drug-likeness (QED) is 0.186. The Morgan fingerprint density at radius 1 is 1.21 bits per heavy atom. The zero-order valence-electron chi connectivity index (χ0n) is 18.3. The molecule has 0 amide bonds. The van der Waals surface area contributed by atoms with Crippen molar-refractivity contribution in [2.75, 3.05) is 26.9 Å². The molecule has 1 saturated heterocycles. The molecule has 34 heavy (non-hydrogen) atoms. The van der Waals surface area contributed by atoms with Crippen LogP contribution in [0.15, 0.2) is 21.9 Å². The molecule has 4 atom stereocenters. The Morgan fingerprint density at radius 2 is 1.76 bits per heavy atom. The smallest absolute Gasteiger partial charge is 0.438 e. The minimum absolute atomic E-state index is 0.704. The number of nitrogens with zero attached hydrogens (tertiary/aromatic N) is 1. The Labute approximate surface area is 190 Å². The number of hydrogen-bond acceptors (Lipinski definition) is 13. The van der Waals surface area contributed by atoms with E-state index in [0.29, 0.717) is 4.57 Å². The number of carbonyl (C=O) groups is 2. The van der Waals surface area contributed by atoms with Crippen molar-refractivity contribution in [1.82, 2.24) is 9.55 Å². The van der Waals surface area contributed by atoms with Gasteiger partial charge < -0.3 is 24.4 Å². The van der Waals surface area contributed by atoms with Crippen LogP contribution >= 0.6 is 7.82 Å². The van der Waals surface area contributed by atoms with Gasteiger partial charge >= 0.3 is 25.5 Å². The first kappa shape index (κ1) is 27.8. The highest BCUT2D eigenvalue weighted by Crippen LogP contribution is 2.52. The van der Waals surface area contributed by atoms with Crippen LogP contribution in [0.1, 0.15) is 27.0 Å².